The van der Waals surface area contributed by atoms with Crippen molar-refractivity contribution in [1.29, 1.82) is 0 Å². The fourth-order valence-corrected chi connectivity index (χ4v) is 3.80. The SMILES string of the molecule is CCC(=O)N(c1ccccc1F)[C@H]1CCN(CCn2cccn2)C[C@H]1C. The molecule has 1 fully saturated rings. The van der Waals surface area contributed by atoms with Gasteiger partial charge in [-0.3, -0.25) is 9.48 Å². The number of halogens is 1. The summed E-state index contributed by atoms with van der Waals surface area (Å²) in [5, 5.41) is 4.24. The van der Waals surface area contributed by atoms with Gasteiger partial charge in [0.1, 0.15) is 5.82 Å². The molecule has 1 aromatic carbocycles. The van der Waals surface area contributed by atoms with Crippen LogP contribution in [0.3, 0.4) is 0 Å². The lowest BCUT2D eigenvalue weighted by Gasteiger charge is -2.42. The van der Waals surface area contributed by atoms with Crippen molar-refractivity contribution in [3.8, 4) is 0 Å². The van der Waals surface area contributed by atoms with E-state index >= 15 is 0 Å². The molecule has 6 heteroatoms. The average Bonchev–Trinajstić information content (AvgIpc) is 3.16. The number of amides is 1. The number of para-hydroxylation sites is 1. The molecule has 0 bridgehead atoms. The molecule has 5 nitrogen and oxygen atoms in total. The Labute approximate surface area is 154 Å². The second-order valence-electron chi connectivity index (χ2n) is 6.97. The lowest BCUT2D eigenvalue weighted by atomic mass is 9.91. The molecule has 3 rings (SSSR count). The highest BCUT2D eigenvalue weighted by molar-refractivity contribution is 5.94. The van der Waals surface area contributed by atoms with Crippen molar-refractivity contribution in [1.82, 2.24) is 14.7 Å². The number of hydrogen-bond donors (Lipinski definition) is 0. The lowest BCUT2D eigenvalue weighted by molar-refractivity contribution is -0.119. The summed E-state index contributed by atoms with van der Waals surface area (Å²) >= 11 is 0. The second-order valence-corrected chi connectivity index (χ2v) is 6.97. The number of carbonyl (C=O) groups is 1. The molecule has 26 heavy (non-hydrogen) atoms. The van der Waals surface area contributed by atoms with Gasteiger partial charge in [-0.15, -0.1) is 0 Å². The fourth-order valence-electron chi connectivity index (χ4n) is 3.80. The number of anilines is 1. The monoisotopic (exact) mass is 358 g/mol. The smallest absolute Gasteiger partial charge is 0.227 e. The van der Waals surface area contributed by atoms with Crippen molar-refractivity contribution < 1.29 is 9.18 Å². The molecule has 2 atom stereocenters. The van der Waals surface area contributed by atoms with Gasteiger partial charge in [0.25, 0.3) is 0 Å². The number of likely N-dealkylation sites (tertiary alicyclic amines) is 1. The summed E-state index contributed by atoms with van der Waals surface area (Å²) < 4.78 is 16.3. The summed E-state index contributed by atoms with van der Waals surface area (Å²) in [5.41, 5.74) is 0.404. The first kappa shape index (κ1) is 18.6. The van der Waals surface area contributed by atoms with Gasteiger partial charge in [0, 0.05) is 44.5 Å². The zero-order valence-electron chi connectivity index (χ0n) is 15.5. The minimum absolute atomic E-state index is 0.0167. The van der Waals surface area contributed by atoms with Crippen LogP contribution in [-0.2, 0) is 11.3 Å². The Hall–Kier alpha value is -2.21. The highest BCUT2D eigenvalue weighted by Crippen LogP contribution is 2.29. The number of nitrogens with zero attached hydrogens (tertiary/aromatic N) is 4. The highest BCUT2D eigenvalue weighted by atomic mass is 19.1. The van der Waals surface area contributed by atoms with E-state index in [0.717, 1.165) is 32.6 Å². The third-order valence-corrected chi connectivity index (χ3v) is 5.16. The molecule has 140 valence electrons. The molecule has 1 aliphatic heterocycles. The third-order valence-electron chi connectivity index (χ3n) is 5.16. The van der Waals surface area contributed by atoms with Gasteiger partial charge in [-0.05, 0) is 30.5 Å². The molecule has 2 heterocycles. The zero-order chi connectivity index (χ0) is 18.5. The number of piperidine rings is 1. The van der Waals surface area contributed by atoms with Crippen molar-refractivity contribution in [3.05, 3.63) is 48.5 Å². The largest absolute Gasteiger partial charge is 0.306 e. The predicted molar refractivity (Wildman–Crippen MR) is 100 cm³/mol. The van der Waals surface area contributed by atoms with Crippen LogP contribution >= 0.6 is 0 Å². The first-order valence-corrected chi connectivity index (χ1v) is 9.36. The summed E-state index contributed by atoms with van der Waals surface area (Å²) in [4.78, 5) is 16.7. The van der Waals surface area contributed by atoms with Crippen molar-refractivity contribution in [2.24, 2.45) is 5.92 Å². The van der Waals surface area contributed by atoms with Crippen molar-refractivity contribution in [2.75, 3.05) is 24.5 Å². The van der Waals surface area contributed by atoms with E-state index in [1.54, 1.807) is 29.3 Å². The fraction of sp³-hybridized carbons (Fsp3) is 0.500. The molecular formula is C20H27FN4O. The van der Waals surface area contributed by atoms with Gasteiger partial charge in [-0.25, -0.2) is 4.39 Å². The Bertz CT molecular complexity index is 718. The van der Waals surface area contributed by atoms with E-state index in [-0.39, 0.29) is 23.7 Å². The van der Waals surface area contributed by atoms with Crippen LogP contribution < -0.4 is 4.90 Å². The van der Waals surface area contributed by atoms with E-state index in [4.69, 9.17) is 0 Å². The molecule has 1 aromatic heterocycles. The number of benzene rings is 1. The van der Waals surface area contributed by atoms with Crippen LogP contribution in [0.25, 0.3) is 0 Å². The van der Waals surface area contributed by atoms with E-state index in [0.29, 0.717) is 12.1 Å². The number of rotatable bonds is 6. The predicted octanol–water partition coefficient (Wildman–Crippen LogP) is 3.18. The molecule has 2 aromatic rings. The minimum Gasteiger partial charge on any atom is -0.306 e. The molecule has 1 aliphatic rings. The van der Waals surface area contributed by atoms with E-state index in [1.807, 2.05) is 23.9 Å². The molecule has 0 spiro atoms. The van der Waals surface area contributed by atoms with Crippen molar-refractivity contribution in [2.45, 2.75) is 39.3 Å². The normalized spacial score (nSPS) is 20.9. The molecule has 0 radical (unpaired) electrons. The maximum atomic E-state index is 14.4. The molecule has 1 saturated heterocycles. The summed E-state index contributed by atoms with van der Waals surface area (Å²) in [6.07, 6.45) is 4.98. The van der Waals surface area contributed by atoms with Crippen LogP contribution in [0.4, 0.5) is 10.1 Å². The molecule has 0 unspecified atom stereocenters. The maximum Gasteiger partial charge on any atom is 0.227 e. The Kier molecular flexibility index (Phi) is 6.04. The topological polar surface area (TPSA) is 41.4 Å². The summed E-state index contributed by atoms with van der Waals surface area (Å²) in [6.45, 7) is 7.57. The Morgan fingerprint density at radius 3 is 2.77 bits per heavy atom. The van der Waals surface area contributed by atoms with Crippen LogP contribution in [0.2, 0.25) is 0 Å². The van der Waals surface area contributed by atoms with Crippen LogP contribution in [-0.4, -0.2) is 46.3 Å². The Morgan fingerprint density at radius 2 is 2.12 bits per heavy atom. The van der Waals surface area contributed by atoms with Gasteiger partial charge in [0.05, 0.1) is 12.2 Å². The van der Waals surface area contributed by atoms with E-state index in [1.165, 1.54) is 6.07 Å². The van der Waals surface area contributed by atoms with Gasteiger partial charge in [0.2, 0.25) is 5.91 Å². The lowest BCUT2D eigenvalue weighted by Crippen LogP contribution is -2.53. The zero-order valence-corrected chi connectivity index (χ0v) is 15.5. The number of aromatic nitrogens is 2. The molecule has 1 amide bonds. The standard InChI is InChI=1S/C20H27FN4O/c1-3-20(26)25(19-8-5-4-7-17(19)21)18-9-12-23(15-16(18)2)13-14-24-11-6-10-22-24/h4-8,10-11,16,18H,3,9,12-15H2,1-2H3/t16-,18+/m1/s1. The van der Waals surface area contributed by atoms with Crippen molar-refractivity contribution in [3.63, 3.8) is 0 Å². The minimum atomic E-state index is -0.331. The second kappa shape index (κ2) is 8.45. The van der Waals surface area contributed by atoms with Crippen LogP contribution in [0.5, 0.6) is 0 Å². The average molecular weight is 358 g/mol. The van der Waals surface area contributed by atoms with Crippen LogP contribution in [0, 0.1) is 11.7 Å². The van der Waals surface area contributed by atoms with Crippen LogP contribution in [0.15, 0.2) is 42.7 Å². The van der Waals surface area contributed by atoms with E-state index in [2.05, 4.69) is 16.9 Å². The first-order valence-electron chi connectivity index (χ1n) is 9.36. The van der Waals surface area contributed by atoms with Gasteiger partial charge in [0.15, 0.2) is 0 Å². The summed E-state index contributed by atoms with van der Waals surface area (Å²) in [7, 11) is 0. The molecular weight excluding hydrogens is 331 g/mol. The van der Waals surface area contributed by atoms with Gasteiger partial charge < -0.3 is 9.80 Å². The first-order chi connectivity index (χ1) is 12.6. The van der Waals surface area contributed by atoms with Crippen molar-refractivity contribution >= 4 is 11.6 Å². The number of carbonyl (C=O) groups excluding carboxylic acids is 1. The van der Waals surface area contributed by atoms with Gasteiger partial charge in [-0.2, -0.15) is 5.10 Å². The van der Waals surface area contributed by atoms with E-state index in [9.17, 15) is 9.18 Å². The maximum absolute atomic E-state index is 14.4. The quantitative estimate of drug-likeness (QED) is 0.796. The Balaban J connectivity index is 1.69. The highest BCUT2D eigenvalue weighted by Gasteiger charge is 2.34. The van der Waals surface area contributed by atoms with Gasteiger partial charge in [-0.1, -0.05) is 26.0 Å². The molecule has 0 saturated carbocycles. The number of hydrogen-bond acceptors (Lipinski definition) is 3. The molecule has 0 aliphatic carbocycles. The molecule has 0 N–H and O–H groups in total. The van der Waals surface area contributed by atoms with E-state index < -0.39 is 0 Å². The Morgan fingerprint density at radius 1 is 1.31 bits per heavy atom. The summed E-state index contributed by atoms with van der Waals surface area (Å²) in [6, 6.07) is 8.54. The third kappa shape index (κ3) is 4.12. The van der Waals surface area contributed by atoms with Crippen LogP contribution in [0.1, 0.15) is 26.7 Å². The van der Waals surface area contributed by atoms with Gasteiger partial charge >= 0.3 is 0 Å². The summed E-state index contributed by atoms with van der Waals surface area (Å²) in [5.74, 6) is -0.0731.